The molecule has 4 nitrogen and oxygen atoms in total. The molecule has 10 heavy (non-hydrogen) atoms. The van der Waals surface area contributed by atoms with E-state index in [-0.39, 0.29) is 5.91 Å². The van der Waals surface area contributed by atoms with Crippen molar-refractivity contribution < 1.29 is 9.63 Å². The molecule has 0 aromatic heterocycles. The van der Waals surface area contributed by atoms with Crippen LogP contribution >= 0.6 is 0 Å². The summed E-state index contributed by atoms with van der Waals surface area (Å²) in [5.41, 5.74) is 0.435. The summed E-state index contributed by atoms with van der Waals surface area (Å²) in [6.07, 6.45) is 0. The SMILES string of the molecule is CN=C(C)C(=O)N(C)OC. The lowest BCUT2D eigenvalue weighted by atomic mass is 10.4. The van der Waals surface area contributed by atoms with E-state index in [0.29, 0.717) is 5.71 Å². The van der Waals surface area contributed by atoms with Gasteiger partial charge >= 0.3 is 0 Å². The van der Waals surface area contributed by atoms with Crippen LogP contribution in [0.2, 0.25) is 0 Å². The highest BCUT2D eigenvalue weighted by Gasteiger charge is 2.09. The summed E-state index contributed by atoms with van der Waals surface area (Å²) in [5, 5.41) is 1.13. The molecule has 0 heterocycles. The van der Waals surface area contributed by atoms with Gasteiger partial charge in [0, 0.05) is 14.1 Å². The molecule has 0 unspecified atom stereocenters. The van der Waals surface area contributed by atoms with Crippen molar-refractivity contribution >= 4 is 11.6 Å². The summed E-state index contributed by atoms with van der Waals surface area (Å²) in [5.74, 6) is -0.218. The van der Waals surface area contributed by atoms with Gasteiger partial charge in [-0.1, -0.05) is 0 Å². The van der Waals surface area contributed by atoms with Crippen LogP contribution in [0.1, 0.15) is 6.92 Å². The number of amides is 1. The van der Waals surface area contributed by atoms with Gasteiger partial charge in [0.2, 0.25) is 0 Å². The third-order valence-corrected chi connectivity index (χ3v) is 1.20. The summed E-state index contributed by atoms with van der Waals surface area (Å²) in [6.45, 7) is 1.64. The number of aliphatic imine (C=N–C) groups is 1. The molecular formula is C6H12N2O2. The monoisotopic (exact) mass is 144 g/mol. The minimum absolute atomic E-state index is 0.218. The van der Waals surface area contributed by atoms with E-state index in [2.05, 4.69) is 9.83 Å². The molecule has 0 bridgehead atoms. The molecule has 0 saturated carbocycles. The molecule has 0 rings (SSSR count). The second-order valence-corrected chi connectivity index (χ2v) is 1.79. The first-order chi connectivity index (χ1) is 4.63. The Morgan fingerprint density at radius 3 is 2.40 bits per heavy atom. The lowest BCUT2D eigenvalue weighted by Gasteiger charge is -2.12. The van der Waals surface area contributed by atoms with E-state index in [1.54, 1.807) is 14.0 Å². The third kappa shape index (κ3) is 2.14. The van der Waals surface area contributed by atoms with Gasteiger partial charge < -0.3 is 0 Å². The van der Waals surface area contributed by atoms with Crippen LogP contribution in [0.15, 0.2) is 4.99 Å². The van der Waals surface area contributed by atoms with Gasteiger partial charge in [-0.25, -0.2) is 5.06 Å². The molecule has 0 aromatic rings. The van der Waals surface area contributed by atoms with Crippen molar-refractivity contribution in [2.45, 2.75) is 6.92 Å². The quantitative estimate of drug-likeness (QED) is 0.407. The molecule has 58 valence electrons. The van der Waals surface area contributed by atoms with Crippen LogP contribution in [0.4, 0.5) is 0 Å². The van der Waals surface area contributed by atoms with Crippen molar-refractivity contribution in [1.82, 2.24) is 5.06 Å². The van der Waals surface area contributed by atoms with Crippen molar-refractivity contribution in [2.75, 3.05) is 21.2 Å². The third-order valence-electron chi connectivity index (χ3n) is 1.20. The molecule has 0 fully saturated rings. The number of nitrogens with zero attached hydrogens (tertiary/aromatic N) is 2. The minimum Gasteiger partial charge on any atom is -0.288 e. The van der Waals surface area contributed by atoms with E-state index < -0.39 is 0 Å². The molecule has 0 aliphatic heterocycles. The van der Waals surface area contributed by atoms with Crippen molar-refractivity contribution in [3.8, 4) is 0 Å². The van der Waals surface area contributed by atoms with Crippen LogP contribution in [0.3, 0.4) is 0 Å². The highest BCUT2D eigenvalue weighted by Crippen LogP contribution is 1.86. The number of carbonyl (C=O) groups is 1. The number of hydrogen-bond donors (Lipinski definition) is 0. The maximum absolute atomic E-state index is 11.0. The Balaban J connectivity index is 4.08. The topological polar surface area (TPSA) is 41.9 Å². The Morgan fingerprint density at radius 2 is 2.10 bits per heavy atom. The van der Waals surface area contributed by atoms with Gasteiger partial charge in [-0.3, -0.25) is 14.6 Å². The average Bonchev–Trinajstić information content (AvgIpc) is 2.00. The van der Waals surface area contributed by atoms with Gasteiger partial charge in [-0.05, 0) is 6.92 Å². The first-order valence-corrected chi connectivity index (χ1v) is 2.89. The van der Waals surface area contributed by atoms with Gasteiger partial charge in [0.1, 0.15) is 0 Å². The van der Waals surface area contributed by atoms with Gasteiger partial charge in [0.15, 0.2) is 0 Å². The zero-order valence-electron chi connectivity index (χ0n) is 6.71. The summed E-state index contributed by atoms with van der Waals surface area (Å²) in [6, 6.07) is 0. The van der Waals surface area contributed by atoms with E-state index in [1.165, 1.54) is 14.2 Å². The molecule has 4 heteroatoms. The van der Waals surface area contributed by atoms with Gasteiger partial charge in [0.05, 0.1) is 12.8 Å². The van der Waals surface area contributed by atoms with Gasteiger partial charge in [0.25, 0.3) is 5.91 Å². The number of carbonyl (C=O) groups excluding carboxylic acids is 1. The van der Waals surface area contributed by atoms with Crippen molar-refractivity contribution in [2.24, 2.45) is 4.99 Å². The predicted molar refractivity (Wildman–Crippen MR) is 38.8 cm³/mol. The summed E-state index contributed by atoms with van der Waals surface area (Å²) in [4.78, 5) is 19.3. The van der Waals surface area contributed by atoms with Crippen LogP contribution in [0.5, 0.6) is 0 Å². The summed E-state index contributed by atoms with van der Waals surface area (Å²) in [7, 11) is 4.54. The van der Waals surface area contributed by atoms with Crippen LogP contribution in [-0.2, 0) is 9.63 Å². The Kier molecular flexibility index (Phi) is 3.64. The molecule has 0 aliphatic carbocycles. The fraction of sp³-hybridized carbons (Fsp3) is 0.667. The minimum atomic E-state index is -0.218. The van der Waals surface area contributed by atoms with E-state index in [1.807, 2.05) is 0 Å². The number of hydroxylamine groups is 2. The van der Waals surface area contributed by atoms with E-state index >= 15 is 0 Å². The lowest BCUT2D eigenvalue weighted by molar-refractivity contribution is -0.160. The fourth-order valence-electron chi connectivity index (χ4n) is 0.406. The molecule has 0 radical (unpaired) electrons. The normalized spacial score (nSPS) is 11.4. The molecule has 0 N–H and O–H groups in total. The Hall–Kier alpha value is -0.900. The Labute approximate surface area is 60.4 Å². The highest BCUT2D eigenvalue weighted by molar-refractivity contribution is 6.37. The Morgan fingerprint density at radius 1 is 1.60 bits per heavy atom. The summed E-state index contributed by atoms with van der Waals surface area (Å²) >= 11 is 0. The molecule has 0 aliphatic rings. The van der Waals surface area contributed by atoms with Gasteiger partial charge in [-0.2, -0.15) is 0 Å². The fourth-order valence-corrected chi connectivity index (χ4v) is 0.406. The molecule has 0 atom stereocenters. The van der Waals surface area contributed by atoms with Crippen molar-refractivity contribution in [3.05, 3.63) is 0 Å². The smallest absolute Gasteiger partial charge is 0.288 e. The van der Waals surface area contributed by atoms with Crippen molar-refractivity contribution in [3.63, 3.8) is 0 Å². The average molecular weight is 144 g/mol. The molecule has 1 amide bonds. The number of rotatable bonds is 2. The lowest BCUT2D eigenvalue weighted by Crippen LogP contribution is -2.30. The largest absolute Gasteiger partial charge is 0.290 e. The summed E-state index contributed by atoms with van der Waals surface area (Å²) < 4.78 is 0. The van der Waals surface area contributed by atoms with E-state index in [4.69, 9.17) is 0 Å². The second kappa shape index (κ2) is 4.00. The maximum Gasteiger partial charge on any atom is 0.290 e. The van der Waals surface area contributed by atoms with E-state index in [9.17, 15) is 4.79 Å². The van der Waals surface area contributed by atoms with Crippen LogP contribution in [0, 0.1) is 0 Å². The van der Waals surface area contributed by atoms with Crippen LogP contribution in [0.25, 0.3) is 0 Å². The molecule has 0 spiro atoms. The van der Waals surface area contributed by atoms with Crippen LogP contribution < -0.4 is 0 Å². The van der Waals surface area contributed by atoms with Gasteiger partial charge in [-0.15, -0.1) is 0 Å². The first kappa shape index (κ1) is 9.10. The Bertz CT molecular complexity index is 154. The maximum atomic E-state index is 11.0. The zero-order valence-corrected chi connectivity index (χ0v) is 6.71. The second-order valence-electron chi connectivity index (χ2n) is 1.79. The first-order valence-electron chi connectivity index (χ1n) is 2.89. The molecule has 0 aromatic carbocycles. The highest BCUT2D eigenvalue weighted by atomic mass is 16.7. The standard InChI is InChI=1S/C6H12N2O2/c1-5(7-2)6(9)8(3)10-4/h1-4H3. The van der Waals surface area contributed by atoms with E-state index in [0.717, 1.165) is 5.06 Å². The van der Waals surface area contributed by atoms with Crippen LogP contribution in [-0.4, -0.2) is 37.9 Å². The zero-order chi connectivity index (χ0) is 8.15. The number of hydrogen-bond acceptors (Lipinski definition) is 3. The predicted octanol–water partition coefficient (Wildman–Crippen LogP) is 0.0969. The van der Waals surface area contributed by atoms with Crippen molar-refractivity contribution in [1.29, 1.82) is 0 Å². The molecular weight excluding hydrogens is 132 g/mol. The molecule has 0 saturated heterocycles.